The molecule has 2 aromatic heterocycles. The van der Waals surface area contributed by atoms with Gasteiger partial charge in [0, 0.05) is 52.3 Å². The molecule has 1 N–H and O–H groups in total. The largest absolute Gasteiger partial charge is 0.369 e. The minimum Gasteiger partial charge on any atom is -0.369 e. The van der Waals surface area contributed by atoms with Gasteiger partial charge in [-0.3, -0.25) is 14.0 Å². The van der Waals surface area contributed by atoms with Gasteiger partial charge in [-0.2, -0.15) is 5.10 Å². The zero-order chi connectivity index (χ0) is 19.1. The topological polar surface area (TPSA) is 117 Å². The highest BCUT2D eigenvalue weighted by Gasteiger charge is 2.39. The smallest absolute Gasteiger partial charge is 0.330 e. The van der Waals surface area contributed by atoms with Gasteiger partial charge in [0.25, 0.3) is 5.56 Å². The van der Waals surface area contributed by atoms with Gasteiger partial charge in [0.15, 0.2) is 4.90 Å². The molecule has 0 bridgehead atoms. The second kappa shape index (κ2) is 6.49. The predicted octanol–water partition coefficient (Wildman–Crippen LogP) is -1.20. The monoisotopic (exact) mass is 383 g/mol. The van der Waals surface area contributed by atoms with Crippen LogP contribution in [0.15, 0.2) is 33.1 Å². The fraction of sp³-hybridized carbons (Fsp3) is 0.533. The van der Waals surface area contributed by atoms with Crippen molar-refractivity contribution in [3.8, 4) is 0 Å². The lowest BCUT2D eigenvalue weighted by molar-refractivity contribution is 0.00494. The Morgan fingerprint density at radius 2 is 2.00 bits per heavy atom. The number of rotatable bonds is 5. The Bertz CT molecular complexity index is 1040. The van der Waals surface area contributed by atoms with Crippen molar-refractivity contribution < 1.29 is 13.2 Å². The molecule has 0 amide bonds. The third kappa shape index (κ3) is 3.13. The summed E-state index contributed by atoms with van der Waals surface area (Å²) >= 11 is 0. The Balaban J connectivity index is 1.93. The maximum absolute atomic E-state index is 12.7. The molecular weight excluding hydrogens is 362 g/mol. The van der Waals surface area contributed by atoms with Crippen LogP contribution >= 0.6 is 0 Å². The highest BCUT2D eigenvalue weighted by molar-refractivity contribution is 7.89. The Kier molecular flexibility index (Phi) is 4.63. The third-order valence-corrected chi connectivity index (χ3v) is 5.97. The van der Waals surface area contributed by atoms with Crippen LogP contribution in [0.2, 0.25) is 0 Å². The maximum atomic E-state index is 12.7. The van der Waals surface area contributed by atoms with Crippen molar-refractivity contribution >= 4 is 10.0 Å². The van der Waals surface area contributed by atoms with Gasteiger partial charge in [0.05, 0.1) is 6.20 Å². The summed E-state index contributed by atoms with van der Waals surface area (Å²) in [5.74, 6) is 0. The van der Waals surface area contributed by atoms with E-state index in [-0.39, 0.29) is 6.54 Å². The molecule has 10 nitrogen and oxygen atoms in total. The van der Waals surface area contributed by atoms with Gasteiger partial charge >= 0.3 is 5.69 Å². The lowest BCUT2D eigenvalue weighted by Gasteiger charge is -2.27. The normalized spacial score (nSPS) is 20.6. The predicted molar refractivity (Wildman–Crippen MR) is 92.2 cm³/mol. The van der Waals surface area contributed by atoms with E-state index in [1.807, 2.05) is 0 Å². The molecule has 3 heterocycles. The van der Waals surface area contributed by atoms with Crippen LogP contribution in [-0.2, 0) is 41.5 Å². The molecule has 142 valence electrons. The van der Waals surface area contributed by atoms with E-state index < -0.39 is 31.8 Å². The van der Waals surface area contributed by atoms with Crippen LogP contribution in [-0.4, -0.2) is 40.5 Å². The molecule has 11 heteroatoms. The number of hydrogen-bond donors (Lipinski definition) is 1. The molecule has 3 rings (SSSR count). The Hall–Kier alpha value is -2.24. The maximum Gasteiger partial charge on any atom is 0.330 e. The molecule has 1 aliphatic rings. The van der Waals surface area contributed by atoms with E-state index in [1.54, 1.807) is 24.1 Å². The van der Waals surface area contributed by atoms with Crippen molar-refractivity contribution in [1.29, 1.82) is 0 Å². The number of aromatic nitrogens is 4. The van der Waals surface area contributed by atoms with Crippen LogP contribution < -0.4 is 16.0 Å². The molecule has 2 aromatic rings. The summed E-state index contributed by atoms with van der Waals surface area (Å²) in [7, 11) is 0.263. The molecular formula is C15H21N5O5S. The summed E-state index contributed by atoms with van der Waals surface area (Å²) in [6.45, 7) is 0.477. The van der Waals surface area contributed by atoms with E-state index >= 15 is 0 Å². The molecule has 1 aliphatic heterocycles. The standard InChI is InChI=1S/C15H21N5O5S/c1-18-9-12(13(21)20(3)14(18)22)26(23,24)17-10-15(5-4-6-25-15)11-7-16-19(2)8-11/h7-9,17H,4-6,10H2,1-3H3. The van der Waals surface area contributed by atoms with Crippen LogP contribution in [0.25, 0.3) is 0 Å². The first-order chi connectivity index (χ1) is 12.2. The van der Waals surface area contributed by atoms with Crippen molar-refractivity contribution in [3.63, 3.8) is 0 Å². The van der Waals surface area contributed by atoms with Gasteiger partial charge in [0.2, 0.25) is 10.0 Å². The quantitative estimate of drug-likeness (QED) is 0.693. The highest BCUT2D eigenvalue weighted by Crippen LogP contribution is 2.35. The van der Waals surface area contributed by atoms with Crippen molar-refractivity contribution in [2.75, 3.05) is 13.2 Å². The van der Waals surface area contributed by atoms with E-state index in [0.29, 0.717) is 13.0 Å². The SMILES string of the molecule is Cn1cc(C2(CNS(=O)(=O)c3cn(C)c(=O)n(C)c3=O)CCCO2)cn1. The van der Waals surface area contributed by atoms with Crippen molar-refractivity contribution in [2.45, 2.75) is 23.3 Å². The summed E-state index contributed by atoms with van der Waals surface area (Å²) in [5, 5.41) is 4.12. The first-order valence-corrected chi connectivity index (χ1v) is 9.54. The molecule has 1 fully saturated rings. The van der Waals surface area contributed by atoms with Crippen LogP contribution in [0.3, 0.4) is 0 Å². The number of sulfonamides is 1. The molecule has 1 saturated heterocycles. The summed E-state index contributed by atoms with van der Waals surface area (Å²) in [5.41, 5.74) is -1.52. The molecule has 0 aliphatic carbocycles. The second-order valence-corrected chi connectivity index (χ2v) is 8.16. The summed E-state index contributed by atoms with van der Waals surface area (Å²) in [6.07, 6.45) is 5.87. The Labute approximate surface area is 150 Å². The Morgan fingerprint density at radius 1 is 1.27 bits per heavy atom. The van der Waals surface area contributed by atoms with E-state index in [0.717, 1.165) is 27.3 Å². The number of nitrogens with zero attached hydrogens (tertiary/aromatic N) is 4. The molecule has 26 heavy (non-hydrogen) atoms. The van der Waals surface area contributed by atoms with E-state index in [4.69, 9.17) is 4.74 Å². The fourth-order valence-corrected chi connectivity index (χ4v) is 4.31. The summed E-state index contributed by atoms with van der Waals surface area (Å²) < 4.78 is 37.1. The number of aryl methyl sites for hydroxylation is 2. The second-order valence-electron chi connectivity index (χ2n) is 6.42. The lowest BCUT2D eigenvalue weighted by Crippen LogP contribution is -2.44. The zero-order valence-electron chi connectivity index (χ0n) is 14.8. The van der Waals surface area contributed by atoms with Gasteiger partial charge in [-0.15, -0.1) is 0 Å². The van der Waals surface area contributed by atoms with E-state index in [9.17, 15) is 18.0 Å². The van der Waals surface area contributed by atoms with Gasteiger partial charge in [0.1, 0.15) is 5.60 Å². The minimum atomic E-state index is -4.13. The fourth-order valence-electron chi connectivity index (χ4n) is 3.07. The number of hydrogen-bond acceptors (Lipinski definition) is 6. The minimum absolute atomic E-state index is 0.0347. The highest BCUT2D eigenvalue weighted by atomic mass is 32.2. The first-order valence-electron chi connectivity index (χ1n) is 8.06. The van der Waals surface area contributed by atoms with Gasteiger partial charge in [-0.25, -0.2) is 17.9 Å². The van der Waals surface area contributed by atoms with E-state index in [2.05, 4.69) is 9.82 Å². The zero-order valence-corrected chi connectivity index (χ0v) is 15.6. The average molecular weight is 383 g/mol. The van der Waals surface area contributed by atoms with E-state index in [1.165, 1.54) is 14.1 Å². The summed E-state index contributed by atoms with van der Waals surface area (Å²) in [4.78, 5) is 23.5. The van der Waals surface area contributed by atoms with Gasteiger partial charge < -0.3 is 9.30 Å². The first kappa shape index (κ1) is 18.5. The van der Waals surface area contributed by atoms with Gasteiger partial charge in [-0.1, -0.05) is 0 Å². The van der Waals surface area contributed by atoms with Crippen molar-refractivity contribution in [2.24, 2.45) is 21.1 Å². The van der Waals surface area contributed by atoms with Crippen LogP contribution in [0.5, 0.6) is 0 Å². The molecule has 0 radical (unpaired) electrons. The Morgan fingerprint density at radius 3 is 2.58 bits per heavy atom. The molecule has 0 spiro atoms. The molecule has 1 unspecified atom stereocenters. The van der Waals surface area contributed by atoms with Crippen LogP contribution in [0.1, 0.15) is 18.4 Å². The van der Waals surface area contributed by atoms with Gasteiger partial charge in [-0.05, 0) is 12.8 Å². The number of nitrogens with one attached hydrogen (secondary N) is 1. The summed E-state index contributed by atoms with van der Waals surface area (Å²) in [6, 6.07) is 0. The van der Waals surface area contributed by atoms with Crippen LogP contribution in [0.4, 0.5) is 0 Å². The molecule has 1 atom stereocenters. The van der Waals surface area contributed by atoms with Crippen LogP contribution in [0, 0.1) is 0 Å². The van der Waals surface area contributed by atoms with Crippen molar-refractivity contribution in [1.82, 2.24) is 23.6 Å². The molecule has 0 aromatic carbocycles. The number of ether oxygens (including phenoxy) is 1. The van der Waals surface area contributed by atoms with Crippen molar-refractivity contribution in [3.05, 3.63) is 45.0 Å². The molecule has 0 saturated carbocycles. The lowest BCUT2D eigenvalue weighted by atomic mass is 9.94. The average Bonchev–Trinajstić information content (AvgIpc) is 3.24. The third-order valence-electron chi connectivity index (χ3n) is 4.59.